The Hall–Kier alpha value is -1.77. The number of hydrogen-bond acceptors (Lipinski definition) is 3. The molecule has 1 aromatic heterocycles. The summed E-state index contributed by atoms with van der Waals surface area (Å²) < 4.78 is 0. The predicted octanol–water partition coefficient (Wildman–Crippen LogP) is 4.00. The van der Waals surface area contributed by atoms with Crippen LogP contribution in [0, 0.1) is 0 Å². The molecule has 0 aliphatic heterocycles. The van der Waals surface area contributed by atoms with Crippen molar-refractivity contribution in [1.29, 1.82) is 0 Å². The Kier molecular flexibility index (Phi) is 3.51. The summed E-state index contributed by atoms with van der Waals surface area (Å²) in [4.78, 5) is 7.04. The number of hydrogen-bond donors (Lipinski definition) is 1. The fourth-order valence-corrected chi connectivity index (χ4v) is 3.15. The number of benzene rings is 1. The summed E-state index contributed by atoms with van der Waals surface area (Å²) in [5.41, 5.74) is 4.77. The average Bonchev–Trinajstić information content (AvgIpc) is 2.99. The number of nitrogens with one attached hydrogen (secondary N) is 1. The monoisotopic (exact) mass is 269 g/mol. The van der Waals surface area contributed by atoms with Gasteiger partial charge in [0, 0.05) is 49.5 Å². The molecular formula is C17H23N3. The van der Waals surface area contributed by atoms with E-state index in [2.05, 4.69) is 48.6 Å². The highest BCUT2D eigenvalue weighted by molar-refractivity contribution is 5.93. The van der Waals surface area contributed by atoms with Gasteiger partial charge in [-0.1, -0.05) is 12.8 Å². The third kappa shape index (κ3) is 2.33. The second-order valence-corrected chi connectivity index (χ2v) is 5.92. The maximum absolute atomic E-state index is 4.91. The summed E-state index contributed by atoms with van der Waals surface area (Å²) in [7, 11) is 6.14. The summed E-state index contributed by atoms with van der Waals surface area (Å²) in [6, 6.07) is 8.75. The third-order valence-electron chi connectivity index (χ3n) is 4.37. The van der Waals surface area contributed by atoms with Crippen molar-refractivity contribution in [2.45, 2.75) is 31.6 Å². The summed E-state index contributed by atoms with van der Waals surface area (Å²) in [6.07, 6.45) is 5.27. The van der Waals surface area contributed by atoms with Crippen molar-refractivity contribution in [2.24, 2.45) is 0 Å². The van der Waals surface area contributed by atoms with Gasteiger partial charge in [0.2, 0.25) is 0 Å². The summed E-state index contributed by atoms with van der Waals surface area (Å²) in [5.74, 6) is 0.653. The van der Waals surface area contributed by atoms with Crippen LogP contribution in [0.4, 0.5) is 11.4 Å². The van der Waals surface area contributed by atoms with Crippen LogP contribution in [-0.4, -0.2) is 26.1 Å². The Morgan fingerprint density at radius 3 is 2.55 bits per heavy atom. The Morgan fingerprint density at radius 1 is 1.15 bits per heavy atom. The molecule has 0 saturated heterocycles. The van der Waals surface area contributed by atoms with E-state index in [1.807, 2.05) is 7.05 Å². The summed E-state index contributed by atoms with van der Waals surface area (Å²) in [5, 5.41) is 4.55. The predicted molar refractivity (Wildman–Crippen MR) is 86.8 cm³/mol. The molecule has 1 aliphatic rings. The molecule has 3 heteroatoms. The first-order valence-electron chi connectivity index (χ1n) is 7.49. The second-order valence-electron chi connectivity index (χ2n) is 5.92. The Balaban J connectivity index is 2.11. The lowest BCUT2D eigenvalue weighted by Gasteiger charge is -2.17. The van der Waals surface area contributed by atoms with E-state index in [1.54, 1.807) is 0 Å². The zero-order chi connectivity index (χ0) is 14.1. The van der Waals surface area contributed by atoms with Gasteiger partial charge in [0.15, 0.2) is 0 Å². The third-order valence-corrected chi connectivity index (χ3v) is 4.37. The van der Waals surface area contributed by atoms with Crippen LogP contribution in [0.3, 0.4) is 0 Å². The van der Waals surface area contributed by atoms with Crippen LogP contribution < -0.4 is 10.2 Å². The van der Waals surface area contributed by atoms with Gasteiger partial charge in [0.25, 0.3) is 0 Å². The number of nitrogens with zero attached hydrogens (tertiary/aromatic N) is 2. The molecule has 0 atom stereocenters. The summed E-state index contributed by atoms with van der Waals surface area (Å²) >= 11 is 0. The molecule has 0 bridgehead atoms. The van der Waals surface area contributed by atoms with Crippen LogP contribution in [0.1, 0.15) is 37.3 Å². The van der Waals surface area contributed by atoms with Gasteiger partial charge in [-0.2, -0.15) is 0 Å². The van der Waals surface area contributed by atoms with Crippen molar-refractivity contribution in [3.8, 4) is 0 Å². The van der Waals surface area contributed by atoms with Gasteiger partial charge in [0.05, 0.1) is 5.52 Å². The zero-order valence-corrected chi connectivity index (χ0v) is 12.6. The minimum Gasteiger partial charge on any atom is -0.388 e. The van der Waals surface area contributed by atoms with Crippen molar-refractivity contribution < 1.29 is 0 Å². The molecule has 106 valence electrons. The average molecular weight is 269 g/mol. The maximum Gasteiger partial charge on any atom is 0.0727 e. The van der Waals surface area contributed by atoms with Crippen LogP contribution >= 0.6 is 0 Å². The number of pyridine rings is 1. The first-order chi connectivity index (χ1) is 9.69. The topological polar surface area (TPSA) is 28.2 Å². The highest BCUT2D eigenvalue weighted by Crippen LogP contribution is 2.36. The second kappa shape index (κ2) is 5.31. The fraction of sp³-hybridized carbons (Fsp3) is 0.471. The molecule has 1 N–H and O–H groups in total. The largest absolute Gasteiger partial charge is 0.388 e. The lowest BCUT2D eigenvalue weighted by atomic mass is 10.0. The lowest BCUT2D eigenvalue weighted by Crippen LogP contribution is -2.08. The maximum atomic E-state index is 4.91. The van der Waals surface area contributed by atoms with Gasteiger partial charge in [-0.25, -0.2) is 0 Å². The molecule has 1 aliphatic carbocycles. The number of aromatic nitrogens is 1. The van der Waals surface area contributed by atoms with E-state index in [0.717, 1.165) is 5.52 Å². The van der Waals surface area contributed by atoms with Crippen molar-refractivity contribution in [3.63, 3.8) is 0 Å². The molecule has 3 rings (SSSR count). The molecule has 0 unspecified atom stereocenters. The van der Waals surface area contributed by atoms with Crippen LogP contribution in [-0.2, 0) is 0 Å². The molecule has 20 heavy (non-hydrogen) atoms. The molecule has 0 amide bonds. The van der Waals surface area contributed by atoms with E-state index in [1.165, 1.54) is 48.1 Å². The first-order valence-corrected chi connectivity index (χ1v) is 7.49. The highest BCUT2D eigenvalue weighted by Gasteiger charge is 2.19. The Labute approximate surface area is 121 Å². The normalized spacial score (nSPS) is 15.8. The smallest absolute Gasteiger partial charge is 0.0727 e. The SMILES string of the molecule is CNc1cc(C2CCCC2)nc2ccc(N(C)C)cc12. The van der Waals surface area contributed by atoms with Gasteiger partial charge in [-0.15, -0.1) is 0 Å². The van der Waals surface area contributed by atoms with Gasteiger partial charge in [-0.05, 0) is 37.1 Å². The Bertz CT molecular complexity index is 613. The Morgan fingerprint density at radius 2 is 1.90 bits per heavy atom. The van der Waals surface area contributed by atoms with Crippen LogP contribution in [0.15, 0.2) is 24.3 Å². The molecule has 1 fully saturated rings. The van der Waals surface area contributed by atoms with Crippen molar-refractivity contribution >= 4 is 22.3 Å². The van der Waals surface area contributed by atoms with E-state index < -0.39 is 0 Å². The number of fused-ring (bicyclic) bond motifs is 1. The van der Waals surface area contributed by atoms with E-state index in [0.29, 0.717) is 5.92 Å². The number of rotatable bonds is 3. The molecule has 0 spiro atoms. The highest BCUT2D eigenvalue weighted by atomic mass is 15.1. The molecule has 1 saturated carbocycles. The molecule has 1 heterocycles. The fourth-order valence-electron chi connectivity index (χ4n) is 3.15. The van der Waals surface area contributed by atoms with Crippen molar-refractivity contribution in [1.82, 2.24) is 4.98 Å². The van der Waals surface area contributed by atoms with E-state index >= 15 is 0 Å². The van der Waals surface area contributed by atoms with Gasteiger partial charge in [0.1, 0.15) is 0 Å². The standard InChI is InChI=1S/C17H23N3/c1-18-17-11-16(12-6-4-5-7-12)19-15-9-8-13(20(2)3)10-14(15)17/h8-12H,4-7H2,1-3H3,(H,18,19). The number of anilines is 2. The van der Waals surface area contributed by atoms with Crippen LogP contribution in [0.2, 0.25) is 0 Å². The van der Waals surface area contributed by atoms with Crippen LogP contribution in [0.25, 0.3) is 10.9 Å². The van der Waals surface area contributed by atoms with Gasteiger partial charge >= 0.3 is 0 Å². The van der Waals surface area contributed by atoms with E-state index in [-0.39, 0.29) is 0 Å². The van der Waals surface area contributed by atoms with Gasteiger partial charge < -0.3 is 10.2 Å². The van der Waals surface area contributed by atoms with Crippen molar-refractivity contribution in [2.75, 3.05) is 31.4 Å². The van der Waals surface area contributed by atoms with Crippen molar-refractivity contribution in [3.05, 3.63) is 30.0 Å². The van der Waals surface area contributed by atoms with Crippen LogP contribution in [0.5, 0.6) is 0 Å². The molecule has 3 nitrogen and oxygen atoms in total. The van der Waals surface area contributed by atoms with E-state index in [9.17, 15) is 0 Å². The minimum absolute atomic E-state index is 0.653. The van der Waals surface area contributed by atoms with E-state index in [4.69, 9.17) is 4.98 Å². The first kappa shape index (κ1) is 13.2. The molecule has 0 radical (unpaired) electrons. The minimum atomic E-state index is 0.653. The molecule has 1 aromatic carbocycles. The molecule has 2 aromatic rings. The zero-order valence-electron chi connectivity index (χ0n) is 12.6. The lowest BCUT2D eigenvalue weighted by molar-refractivity contribution is 0.701. The summed E-state index contributed by atoms with van der Waals surface area (Å²) in [6.45, 7) is 0. The quantitative estimate of drug-likeness (QED) is 0.913. The van der Waals surface area contributed by atoms with Gasteiger partial charge in [-0.3, -0.25) is 4.98 Å². The molecular weight excluding hydrogens is 246 g/mol.